The molecule has 0 aliphatic heterocycles. The second-order valence-electron chi connectivity index (χ2n) is 4.41. The Morgan fingerprint density at radius 1 is 1.52 bits per heavy atom. The van der Waals surface area contributed by atoms with Crippen molar-refractivity contribution in [2.75, 3.05) is 0 Å². The van der Waals surface area contributed by atoms with Gasteiger partial charge in [-0.25, -0.2) is 14.8 Å². The maximum atomic E-state index is 11.2. The van der Waals surface area contributed by atoms with Gasteiger partial charge in [0.1, 0.15) is 12.4 Å². The molecule has 0 fully saturated rings. The fourth-order valence-corrected chi connectivity index (χ4v) is 2.83. The van der Waals surface area contributed by atoms with Gasteiger partial charge in [0.05, 0.1) is 5.69 Å². The summed E-state index contributed by atoms with van der Waals surface area (Å²) in [6, 6.07) is 3.59. The number of thiophene rings is 1. The average molecular weight is 303 g/mol. The van der Waals surface area contributed by atoms with E-state index in [2.05, 4.69) is 9.97 Å². The van der Waals surface area contributed by atoms with Gasteiger partial charge >= 0.3 is 5.97 Å². The van der Waals surface area contributed by atoms with E-state index in [-0.39, 0.29) is 11.5 Å². The van der Waals surface area contributed by atoms with Crippen molar-refractivity contribution in [1.82, 2.24) is 14.4 Å². The standard InChI is InChI=1S/C14H13N3O3S/c1-2-10-6-11(12(21-10)13(18)19)20-8-9-7-17-5-3-4-15-14(17)16-9/h3-7H,2,8H2,1H3,(H,18,19). The van der Waals surface area contributed by atoms with Crippen LogP contribution in [0.3, 0.4) is 0 Å². The van der Waals surface area contributed by atoms with E-state index in [0.29, 0.717) is 17.2 Å². The zero-order valence-electron chi connectivity index (χ0n) is 11.3. The maximum Gasteiger partial charge on any atom is 0.349 e. The number of imidazole rings is 1. The topological polar surface area (TPSA) is 76.7 Å². The summed E-state index contributed by atoms with van der Waals surface area (Å²) in [6.45, 7) is 2.19. The lowest BCUT2D eigenvalue weighted by molar-refractivity contribution is 0.0697. The summed E-state index contributed by atoms with van der Waals surface area (Å²) in [5.74, 6) is 0.0230. The number of aromatic nitrogens is 3. The van der Waals surface area contributed by atoms with Crippen molar-refractivity contribution in [3.8, 4) is 5.75 Å². The molecule has 21 heavy (non-hydrogen) atoms. The first-order chi connectivity index (χ1) is 10.2. The molecule has 7 heteroatoms. The lowest BCUT2D eigenvalue weighted by atomic mass is 10.3. The summed E-state index contributed by atoms with van der Waals surface area (Å²) in [5.41, 5.74) is 0.703. The Bertz CT molecular complexity index is 761. The van der Waals surface area contributed by atoms with Gasteiger partial charge in [-0.3, -0.25) is 4.40 Å². The number of aromatic carboxylic acids is 1. The first-order valence-electron chi connectivity index (χ1n) is 6.44. The first kappa shape index (κ1) is 13.6. The molecule has 0 saturated carbocycles. The number of carboxylic acids is 1. The van der Waals surface area contributed by atoms with Crippen molar-refractivity contribution in [3.63, 3.8) is 0 Å². The molecule has 0 radical (unpaired) electrons. The Morgan fingerprint density at radius 2 is 2.38 bits per heavy atom. The van der Waals surface area contributed by atoms with Gasteiger partial charge in [0, 0.05) is 23.5 Å². The van der Waals surface area contributed by atoms with Gasteiger partial charge in [-0.2, -0.15) is 0 Å². The van der Waals surface area contributed by atoms with Gasteiger partial charge in [-0.1, -0.05) is 6.92 Å². The Balaban J connectivity index is 1.80. The second kappa shape index (κ2) is 5.53. The Morgan fingerprint density at radius 3 is 3.10 bits per heavy atom. The summed E-state index contributed by atoms with van der Waals surface area (Å²) in [4.78, 5) is 20.9. The molecule has 1 N–H and O–H groups in total. The van der Waals surface area contributed by atoms with Crippen LogP contribution in [0.4, 0.5) is 0 Å². The average Bonchev–Trinajstić information content (AvgIpc) is 3.08. The van der Waals surface area contributed by atoms with E-state index in [0.717, 1.165) is 11.3 Å². The number of fused-ring (bicyclic) bond motifs is 1. The van der Waals surface area contributed by atoms with Gasteiger partial charge in [0.25, 0.3) is 0 Å². The second-order valence-corrected chi connectivity index (χ2v) is 5.55. The lowest BCUT2D eigenvalue weighted by Gasteiger charge is -2.02. The van der Waals surface area contributed by atoms with Crippen LogP contribution in [0.5, 0.6) is 5.75 Å². The van der Waals surface area contributed by atoms with Crippen LogP contribution < -0.4 is 4.74 Å². The third-order valence-corrected chi connectivity index (χ3v) is 4.20. The van der Waals surface area contributed by atoms with Gasteiger partial charge in [0.2, 0.25) is 5.78 Å². The number of ether oxygens (including phenoxy) is 1. The van der Waals surface area contributed by atoms with E-state index in [1.54, 1.807) is 16.7 Å². The number of aryl methyl sites for hydroxylation is 1. The van der Waals surface area contributed by atoms with E-state index in [9.17, 15) is 9.90 Å². The molecule has 3 heterocycles. The number of hydrogen-bond acceptors (Lipinski definition) is 5. The highest BCUT2D eigenvalue weighted by Gasteiger charge is 2.16. The van der Waals surface area contributed by atoms with Gasteiger partial charge in [-0.15, -0.1) is 11.3 Å². The van der Waals surface area contributed by atoms with Crippen LogP contribution in [0.2, 0.25) is 0 Å². The lowest BCUT2D eigenvalue weighted by Crippen LogP contribution is -2.00. The van der Waals surface area contributed by atoms with Crippen LogP contribution in [0.1, 0.15) is 27.2 Å². The zero-order valence-corrected chi connectivity index (χ0v) is 12.1. The van der Waals surface area contributed by atoms with Crippen molar-refractivity contribution >= 4 is 23.1 Å². The van der Waals surface area contributed by atoms with Crippen LogP contribution in [0.25, 0.3) is 5.78 Å². The number of carboxylic acid groups (broad SMARTS) is 1. The van der Waals surface area contributed by atoms with E-state index in [4.69, 9.17) is 4.74 Å². The molecular formula is C14H13N3O3S. The molecule has 3 aromatic rings. The highest BCUT2D eigenvalue weighted by atomic mass is 32.1. The number of hydrogen-bond donors (Lipinski definition) is 1. The van der Waals surface area contributed by atoms with Crippen LogP contribution in [-0.4, -0.2) is 25.4 Å². The summed E-state index contributed by atoms with van der Waals surface area (Å²) in [6.07, 6.45) is 6.12. The molecule has 108 valence electrons. The first-order valence-corrected chi connectivity index (χ1v) is 7.26. The third-order valence-electron chi connectivity index (χ3n) is 2.95. The predicted molar refractivity (Wildman–Crippen MR) is 78.0 cm³/mol. The quantitative estimate of drug-likeness (QED) is 0.784. The SMILES string of the molecule is CCc1cc(OCc2cn3cccnc3n2)c(C(=O)O)s1. The maximum absolute atomic E-state index is 11.2. The van der Waals surface area contributed by atoms with E-state index in [1.807, 2.05) is 25.4 Å². The number of rotatable bonds is 5. The molecule has 0 amide bonds. The van der Waals surface area contributed by atoms with Crippen molar-refractivity contribution in [1.29, 1.82) is 0 Å². The molecule has 0 aromatic carbocycles. The van der Waals surface area contributed by atoms with Crippen molar-refractivity contribution in [2.45, 2.75) is 20.0 Å². The molecule has 0 bridgehead atoms. The third kappa shape index (κ3) is 2.73. The molecule has 0 saturated heterocycles. The van der Waals surface area contributed by atoms with E-state index in [1.165, 1.54) is 11.3 Å². The molecule has 6 nitrogen and oxygen atoms in total. The monoisotopic (exact) mass is 303 g/mol. The van der Waals surface area contributed by atoms with Crippen molar-refractivity contribution < 1.29 is 14.6 Å². The van der Waals surface area contributed by atoms with E-state index < -0.39 is 5.97 Å². The minimum Gasteiger partial charge on any atom is -0.485 e. The Kier molecular flexibility index (Phi) is 3.57. The van der Waals surface area contributed by atoms with Gasteiger partial charge < -0.3 is 9.84 Å². The molecule has 3 aromatic heterocycles. The highest BCUT2D eigenvalue weighted by molar-refractivity contribution is 7.14. The molecule has 0 aliphatic rings. The van der Waals surface area contributed by atoms with Crippen LogP contribution in [0.15, 0.2) is 30.7 Å². The number of nitrogens with zero attached hydrogens (tertiary/aromatic N) is 3. The smallest absolute Gasteiger partial charge is 0.349 e. The summed E-state index contributed by atoms with van der Waals surface area (Å²) in [5, 5.41) is 9.19. The minimum absolute atomic E-state index is 0.212. The number of carbonyl (C=O) groups is 1. The fourth-order valence-electron chi connectivity index (χ4n) is 1.95. The summed E-state index contributed by atoms with van der Waals surface area (Å²) >= 11 is 1.25. The fraction of sp³-hybridized carbons (Fsp3) is 0.214. The highest BCUT2D eigenvalue weighted by Crippen LogP contribution is 2.30. The minimum atomic E-state index is -0.966. The Labute approximate surface area is 124 Å². The van der Waals surface area contributed by atoms with Crippen LogP contribution in [-0.2, 0) is 13.0 Å². The molecule has 0 unspecified atom stereocenters. The Hall–Kier alpha value is -2.41. The molecule has 0 aliphatic carbocycles. The van der Waals surface area contributed by atoms with Gasteiger partial charge in [-0.05, 0) is 18.6 Å². The van der Waals surface area contributed by atoms with Crippen molar-refractivity contribution in [2.24, 2.45) is 0 Å². The summed E-state index contributed by atoms with van der Waals surface area (Å²) < 4.78 is 7.42. The molecule has 0 atom stereocenters. The van der Waals surface area contributed by atoms with Crippen molar-refractivity contribution in [3.05, 3.63) is 46.2 Å². The van der Waals surface area contributed by atoms with Gasteiger partial charge in [0.15, 0.2) is 4.88 Å². The van der Waals surface area contributed by atoms with Crippen LogP contribution >= 0.6 is 11.3 Å². The molecular weight excluding hydrogens is 290 g/mol. The predicted octanol–water partition coefficient (Wildman–Crippen LogP) is 2.63. The zero-order chi connectivity index (χ0) is 14.8. The molecule has 3 rings (SSSR count). The summed E-state index contributed by atoms with van der Waals surface area (Å²) in [7, 11) is 0. The van der Waals surface area contributed by atoms with Crippen LogP contribution in [0, 0.1) is 0 Å². The largest absolute Gasteiger partial charge is 0.485 e. The normalized spacial score (nSPS) is 10.9. The van der Waals surface area contributed by atoms with E-state index >= 15 is 0 Å². The molecule has 0 spiro atoms.